The molecule has 43 heavy (non-hydrogen) atoms. The summed E-state index contributed by atoms with van der Waals surface area (Å²) < 4.78 is 38.0. The molecule has 228 valence electrons. The molecule has 0 aliphatic carbocycles. The number of hydrogen-bond acceptors (Lipinski definition) is 3. The second kappa shape index (κ2) is 15.5. The van der Waals surface area contributed by atoms with Gasteiger partial charge < -0.3 is 9.53 Å². The number of aliphatic hydroxyl groups excluding tert-OH is 1. The van der Waals surface area contributed by atoms with Gasteiger partial charge in [-0.05, 0) is 64.4 Å². The summed E-state index contributed by atoms with van der Waals surface area (Å²) in [7, 11) is -3.42. The molecule has 0 saturated carbocycles. The van der Waals surface area contributed by atoms with E-state index in [2.05, 4.69) is 20.8 Å². The monoisotopic (exact) mass is 601 g/mol. The predicted molar refractivity (Wildman–Crippen MR) is 175 cm³/mol. The number of halogens is 2. The van der Waals surface area contributed by atoms with Gasteiger partial charge in [-0.1, -0.05) is 120 Å². The van der Waals surface area contributed by atoms with Gasteiger partial charge in [-0.3, -0.25) is 4.98 Å². The third-order valence-corrected chi connectivity index (χ3v) is 12.4. The second-order valence-corrected chi connectivity index (χ2v) is 15.1. The summed E-state index contributed by atoms with van der Waals surface area (Å²) in [6.45, 7) is 8.28. The van der Waals surface area contributed by atoms with Crippen LogP contribution < -0.4 is 10.4 Å². The van der Waals surface area contributed by atoms with Crippen LogP contribution in [0, 0.1) is 5.82 Å². The predicted octanol–water partition coefficient (Wildman–Crippen LogP) is 8.19. The van der Waals surface area contributed by atoms with Crippen molar-refractivity contribution in [3.05, 3.63) is 113 Å². The van der Waals surface area contributed by atoms with E-state index >= 15 is 4.39 Å². The normalized spacial score (nSPS) is 12.6. The van der Waals surface area contributed by atoms with Crippen LogP contribution in [0.25, 0.3) is 11.1 Å². The van der Waals surface area contributed by atoms with E-state index in [0.717, 1.165) is 64.0 Å². The Kier molecular flexibility index (Phi) is 11.8. The van der Waals surface area contributed by atoms with Crippen LogP contribution in [0.4, 0.5) is 8.78 Å². The van der Waals surface area contributed by atoms with E-state index in [-0.39, 0.29) is 24.9 Å². The van der Waals surface area contributed by atoms with Crippen LogP contribution in [-0.4, -0.2) is 24.2 Å². The molecule has 0 amide bonds. The van der Waals surface area contributed by atoms with Crippen LogP contribution in [0.5, 0.6) is 0 Å². The maximum atomic E-state index is 16.8. The minimum absolute atomic E-state index is 0.0223. The lowest BCUT2D eigenvalue weighted by Crippen LogP contribution is -2.67. The van der Waals surface area contributed by atoms with E-state index in [1.807, 2.05) is 67.6 Å². The van der Waals surface area contributed by atoms with Gasteiger partial charge in [0.25, 0.3) is 8.32 Å². The molecule has 4 rings (SSSR count). The number of benzene rings is 3. The van der Waals surface area contributed by atoms with Crippen LogP contribution in [0.1, 0.15) is 88.2 Å². The van der Waals surface area contributed by atoms with Crippen molar-refractivity contribution in [2.75, 3.05) is 0 Å². The highest BCUT2D eigenvalue weighted by Crippen LogP contribution is 2.37. The van der Waals surface area contributed by atoms with Gasteiger partial charge in [0.1, 0.15) is 11.6 Å². The van der Waals surface area contributed by atoms with Crippen molar-refractivity contribution in [3.8, 4) is 11.1 Å². The minimum atomic E-state index is -3.42. The molecule has 1 N–H and O–H groups in total. The number of aliphatic hydroxyl groups is 1. The summed E-state index contributed by atoms with van der Waals surface area (Å²) in [6.07, 6.45) is 4.87. The van der Waals surface area contributed by atoms with E-state index in [1.165, 1.54) is 12.1 Å². The van der Waals surface area contributed by atoms with E-state index in [1.54, 1.807) is 12.1 Å². The Morgan fingerprint density at radius 3 is 1.93 bits per heavy atom. The quantitative estimate of drug-likeness (QED) is 0.110. The molecule has 3 nitrogen and oxygen atoms in total. The molecule has 0 fully saturated rings. The van der Waals surface area contributed by atoms with Crippen molar-refractivity contribution >= 4 is 18.7 Å². The minimum Gasteiger partial charge on any atom is -0.401 e. The Labute approximate surface area is 257 Å². The van der Waals surface area contributed by atoms with Gasteiger partial charge in [0, 0.05) is 11.3 Å². The molecular weight excluding hydrogens is 556 g/mol. The number of unbranched alkanes of at least 4 members (excludes halogenated alkanes) is 2. The first kappa shape index (κ1) is 32.7. The van der Waals surface area contributed by atoms with Crippen molar-refractivity contribution in [1.29, 1.82) is 0 Å². The zero-order chi connectivity index (χ0) is 30.8. The number of nitrogens with zero attached hydrogens (tertiary/aromatic N) is 1. The Morgan fingerprint density at radius 2 is 1.42 bits per heavy atom. The first-order valence-electron chi connectivity index (χ1n) is 15.7. The zero-order valence-electron chi connectivity index (χ0n) is 26.0. The molecule has 0 aliphatic rings. The molecule has 0 bridgehead atoms. The molecule has 0 saturated heterocycles. The summed E-state index contributed by atoms with van der Waals surface area (Å²) in [5.41, 5.74) is 5.08. The summed E-state index contributed by atoms with van der Waals surface area (Å²) in [6, 6.07) is 26.2. The fourth-order valence-electron chi connectivity index (χ4n) is 6.08. The van der Waals surface area contributed by atoms with Gasteiger partial charge in [-0.2, -0.15) is 0 Å². The van der Waals surface area contributed by atoms with Gasteiger partial charge in [-0.25, -0.2) is 8.78 Å². The lowest BCUT2D eigenvalue weighted by atomic mass is 9.87. The summed E-state index contributed by atoms with van der Waals surface area (Å²) in [5.74, 6) is -1.46. The number of aromatic nitrogens is 1. The molecule has 4 aromatic rings. The van der Waals surface area contributed by atoms with E-state index in [4.69, 9.17) is 9.41 Å². The second-order valence-electron chi connectivity index (χ2n) is 11.6. The first-order chi connectivity index (χ1) is 20.9. The van der Waals surface area contributed by atoms with E-state index in [9.17, 15) is 9.50 Å². The lowest BCUT2D eigenvalue weighted by Gasteiger charge is -2.36. The molecule has 6 heteroatoms. The SMILES string of the molecule is CCCCCc1c(CO)nc(C(C)C)c(CO[Si](c2ccccc2)(c2ccccc2)C(F)CCC)c1-c1ccc(F)cc1. The Morgan fingerprint density at radius 1 is 0.814 bits per heavy atom. The van der Waals surface area contributed by atoms with Crippen molar-refractivity contribution in [3.63, 3.8) is 0 Å². The van der Waals surface area contributed by atoms with Crippen molar-refractivity contribution in [2.24, 2.45) is 0 Å². The molecule has 1 atom stereocenters. The Bertz CT molecular complexity index is 1390. The van der Waals surface area contributed by atoms with Crippen LogP contribution in [-0.2, 0) is 24.1 Å². The molecule has 3 aromatic carbocycles. The molecular formula is C37H45F2NO2Si. The summed E-state index contributed by atoms with van der Waals surface area (Å²) >= 11 is 0. The molecule has 0 aliphatic heterocycles. The van der Waals surface area contributed by atoms with Crippen LogP contribution >= 0.6 is 0 Å². The molecule has 1 aromatic heterocycles. The third kappa shape index (κ3) is 7.31. The maximum absolute atomic E-state index is 16.8. The van der Waals surface area contributed by atoms with Crippen LogP contribution in [0.3, 0.4) is 0 Å². The van der Waals surface area contributed by atoms with Gasteiger partial charge in [-0.15, -0.1) is 0 Å². The molecule has 0 spiro atoms. The third-order valence-electron chi connectivity index (χ3n) is 8.21. The number of hydrogen-bond donors (Lipinski definition) is 1. The largest absolute Gasteiger partial charge is 0.401 e. The highest BCUT2D eigenvalue weighted by atomic mass is 28.4. The lowest BCUT2D eigenvalue weighted by molar-refractivity contribution is 0.258. The van der Waals surface area contributed by atoms with Gasteiger partial charge in [0.15, 0.2) is 0 Å². The topological polar surface area (TPSA) is 42.4 Å². The average Bonchev–Trinajstić information content (AvgIpc) is 3.03. The summed E-state index contributed by atoms with van der Waals surface area (Å²) in [5, 5.41) is 12.3. The maximum Gasteiger partial charge on any atom is 0.290 e. The smallest absolute Gasteiger partial charge is 0.290 e. The zero-order valence-corrected chi connectivity index (χ0v) is 27.0. The van der Waals surface area contributed by atoms with E-state index in [0.29, 0.717) is 18.5 Å². The average molecular weight is 602 g/mol. The van der Waals surface area contributed by atoms with Crippen LogP contribution in [0.15, 0.2) is 84.9 Å². The van der Waals surface area contributed by atoms with Gasteiger partial charge in [0.05, 0.1) is 18.9 Å². The number of alkyl halides is 1. The molecule has 0 radical (unpaired) electrons. The standard InChI is InChI=1S/C37H45F2NO2Si/c1-5-7-10-20-32-34(25-41)40-37(27(3)4)33(36(32)28-21-23-29(38)24-22-28)26-42-43(35(39)15-6-2,30-16-11-8-12-17-30)31-18-13-9-14-19-31/h8-9,11-14,16-19,21-24,27,35,41H,5-7,10,15,20,25-26H2,1-4H3. The Hall–Kier alpha value is -3.19. The highest BCUT2D eigenvalue weighted by Gasteiger charge is 2.48. The van der Waals surface area contributed by atoms with Crippen molar-refractivity contribution in [2.45, 2.75) is 91.1 Å². The highest BCUT2D eigenvalue weighted by molar-refractivity contribution is 6.98. The Balaban J connectivity index is 1.97. The van der Waals surface area contributed by atoms with Crippen LogP contribution in [0.2, 0.25) is 0 Å². The van der Waals surface area contributed by atoms with Gasteiger partial charge >= 0.3 is 0 Å². The first-order valence-corrected chi connectivity index (χ1v) is 17.7. The van der Waals surface area contributed by atoms with E-state index < -0.39 is 14.1 Å². The van der Waals surface area contributed by atoms with Crippen molar-refractivity contribution < 1.29 is 18.3 Å². The number of rotatable bonds is 15. The fourth-order valence-corrected chi connectivity index (χ4v) is 10.1. The summed E-state index contributed by atoms with van der Waals surface area (Å²) in [4.78, 5) is 5.02. The fraction of sp³-hybridized carbons (Fsp3) is 0.378. The number of pyridine rings is 1. The molecule has 1 heterocycles. The molecule has 1 unspecified atom stereocenters. The van der Waals surface area contributed by atoms with Crippen molar-refractivity contribution in [1.82, 2.24) is 4.98 Å². The van der Waals surface area contributed by atoms with Gasteiger partial charge in [0.2, 0.25) is 0 Å².